The van der Waals surface area contributed by atoms with E-state index in [0.29, 0.717) is 11.4 Å². The number of benzene rings is 1. The molecular weight excluding hydrogens is 291 g/mol. The Morgan fingerprint density at radius 2 is 1.90 bits per heavy atom. The van der Waals surface area contributed by atoms with Gasteiger partial charge in [-0.2, -0.15) is 17.5 Å². The molecule has 1 aliphatic heterocycles. The van der Waals surface area contributed by atoms with E-state index in [1.807, 2.05) is 0 Å². The molecule has 112 valence electrons. The molecule has 1 heterocycles. The first-order valence-corrected chi connectivity index (χ1v) is 7.43. The second-order valence-corrected chi connectivity index (χ2v) is 6.04. The molecule has 1 aromatic rings. The second kappa shape index (κ2) is 6.24. The first-order chi connectivity index (χ1) is 9.43. The van der Waals surface area contributed by atoms with Gasteiger partial charge in [-0.1, -0.05) is 0 Å². The molecule has 20 heavy (non-hydrogen) atoms. The Hall–Kier alpha value is -0.920. The summed E-state index contributed by atoms with van der Waals surface area (Å²) >= 11 is 0. The number of hydrogen-bond acceptors (Lipinski definition) is 2. The largest absolute Gasteiger partial charge is 0.416 e. The molecule has 1 aromatic carbocycles. The van der Waals surface area contributed by atoms with Crippen LogP contribution < -0.4 is 0 Å². The van der Waals surface area contributed by atoms with Crippen LogP contribution in [0.2, 0.25) is 0 Å². The third-order valence-electron chi connectivity index (χ3n) is 3.27. The smallest absolute Gasteiger partial charge is 0.365 e. The van der Waals surface area contributed by atoms with Gasteiger partial charge in [-0.25, -0.2) is 4.21 Å². The summed E-state index contributed by atoms with van der Waals surface area (Å²) in [4.78, 5) is 0.363. The van der Waals surface area contributed by atoms with Crippen LogP contribution in [0.1, 0.15) is 24.8 Å². The second-order valence-electron chi connectivity index (χ2n) is 4.60. The van der Waals surface area contributed by atoms with Crippen molar-refractivity contribution < 1.29 is 22.1 Å². The quantitative estimate of drug-likeness (QED) is 0.858. The summed E-state index contributed by atoms with van der Waals surface area (Å²) in [5.74, 6) is 0. The summed E-state index contributed by atoms with van der Waals surface area (Å²) in [7, 11) is 0.0547. The van der Waals surface area contributed by atoms with E-state index in [1.165, 1.54) is 12.1 Å². The molecule has 0 radical (unpaired) electrons. The van der Waals surface area contributed by atoms with Crippen molar-refractivity contribution in [2.24, 2.45) is 0 Å². The van der Waals surface area contributed by atoms with E-state index in [4.69, 9.17) is 4.74 Å². The fourth-order valence-electron chi connectivity index (χ4n) is 2.20. The van der Waals surface area contributed by atoms with Crippen molar-refractivity contribution in [3.05, 3.63) is 29.8 Å². The molecule has 1 aliphatic rings. The minimum atomic E-state index is -4.37. The third-order valence-corrected chi connectivity index (χ3v) is 4.79. The van der Waals surface area contributed by atoms with Crippen molar-refractivity contribution in [2.45, 2.75) is 36.6 Å². The molecule has 2 atom stereocenters. The summed E-state index contributed by atoms with van der Waals surface area (Å²) in [6, 6.07) is 4.44. The zero-order valence-electron chi connectivity index (χ0n) is 11.0. The monoisotopic (exact) mass is 307 g/mol. The zero-order chi connectivity index (χ0) is 14.8. The molecule has 3 nitrogen and oxygen atoms in total. The predicted octanol–water partition coefficient (Wildman–Crippen LogP) is 3.19. The summed E-state index contributed by atoms with van der Waals surface area (Å²) in [6.07, 6.45) is -1.93. The van der Waals surface area contributed by atoms with Crippen LogP contribution in [-0.4, -0.2) is 28.4 Å². The van der Waals surface area contributed by atoms with E-state index in [-0.39, 0.29) is 6.23 Å². The lowest BCUT2D eigenvalue weighted by Gasteiger charge is -2.33. The van der Waals surface area contributed by atoms with Crippen LogP contribution in [0.4, 0.5) is 13.2 Å². The maximum Gasteiger partial charge on any atom is 0.416 e. The molecule has 0 aromatic heterocycles. The Labute approximate surface area is 118 Å². The maximum atomic E-state index is 12.5. The number of methoxy groups -OCH3 is 1. The molecular formula is C13H16F3NO2S. The standard InChI is InChI=1S/C13H16F3NO2S/c1-19-12-4-2-3-9-17(12)20(18)11-7-5-10(6-8-11)13(14,15)16/h5-8,12H,2-4,9H2,1H3. The number of nitrogens with zero attached hydrogens (tertiary/aromatic N) is 1. The highest BCUT2D eigenvalue weighted by molar-refractivity contribution is 7.82. The molecule has 0 bridgehead atoms. The number of piperidine rings is 1. The molecule has 0 amide bonds. The topological polar surface area (TPSA) is 29.5 Å². The third kappa shape index (κ3) is 3.39. The van der Waals surface area contributed by atoms with Crippen molar-refractivity contribution in [3.63, 3.8) is 0 Å². The van der Waals surface area contributed by atoms with Crippen LogP contribution in [0, 0.1) is 0 Å². The first kappa shape index (κ1) is 15.5. The maximum absolute atomic E-state index is 12.5. The van der Waals surface area contributed by atoms with E-state index >= 15 is 0 Å². The Morgan fingerprint density at radius 1 is 1.25 bits per heavy atom. The van der Waals surface area contributed by atoms with Gasteiger partial charge in [-0.05, 0) is 43.5 Å². The van der Waals surface area contributed by atoms with E-state index < -0.39 is 22.7 Å². The SMILES string of the molecule is COC1CCCCN1S(=O)c1ccc(C(F)(F)F)cc1. The number of rotatable bonds is 3. The molecule has 7 heteroatoms. The predicted molar refractivity (Wildman–Crippen MR) is 69.2 cm³/mol. The van der Waals surface area contributed by atoms with E-state index in [0.717, 1.165) is 31.4 Å². The number of hydrogen-bond donors (Lipinski definition) is 0. The summed E-state index contributed by atoms with van der Waals surface area (Å²) in [5.41, 5.74) is -0.736. The van der Waals surface area contributed by atoms with Gasteiger partial charge in [0.2, 0.25) is 0 Å². The van der Waals surface area contributed by atoms with E-state index in [2.05, 4.69) is 0 Å². The number of alkyl halides is 3. The minimum Gasteiger partial charge on any atom is -0.365 e. The van der Waals surface area contributed by atoms with Gasteiger partial charge in [0.25, 0.3) is 0 Å². The van der Waals surface area contributed by atoms with Crippen molar-refractivity contribution in [3.8, 4) is 0 Å². The number of ether oxygens (including phenoxy) is 1. The molecule has 1 fully saturated rings. The molecule has 2 unspecified atom stereocenters. The summed E-state index contributed by atoms with van der Waals surface area (Å²) in [6.45, 7) is 0.617. The van der Waals surface area contributed by atoms with Gasteiger partial charge in [-0.15, -0.1) is 0 Å². The molecule has 0 N–H and O–H groups in total. The highest BCUT2D eigenvalue weighted by atomic mass is 32.2. The van der Waals surface area contributed by atoms with Crippen LogP contribution in [0.25, 0.3) is 0 Å². The summed E-state index contributed by atoms with van der Waals surface area (Å²) < 4.78 is 56.8. The van der Waals surface area contributed by atoms with Gasteiger partial charge < -0.3 is 4.74 Å². The molecule has 2 rings (SSSR count). The lowest BCUT2D eigenvalue weighted by atomic mass is 10.1. The Kier molecular flexibility index (Phi) is 4.82. The van der Waals surface area contributed by atoms with Crippen LogP contribution in [0.5, 0.6) is 0 Å². The van der Waals surface area contributed by atoms with Gasteiger partial charge in [0.15, 0.2) is 0 Å². The minimum absolute atomic E-state index is 0.244. The van der Waals surface area contributed by atoms with Crippen molar-refractivity contribution >= 4 is 11.0 Å². The normalized spacial score (nSPS) is 22.7. The van der Waals surface area contributed by atoms with Crippen LogP contribution in [0.3, 0.4) is 0 Å². The lowest BCUT2D eigenvalue weighted by Crippen LogP contribution is -2.41. The summed E-state index contributed by atoms with van der Waals surface area (Å²) in [5, 5.41) is 0. The molecule has 0 aliphatic carbocycles. The zero-order valence-corrected chi connectivity index (χ0v) is 11.8. The average Bonchev–Trinajstić information content (AvgIpc) is 2.45. The Balaban J connectivity index is 2.16. The van der Waals surface area contributed by atoms with Crippen molar-refractivity contribution in [2.75, 3.05) is 13.7 Å². The number of halogens is 3. The molecule has 0 spiro atoms. The van der Waals surface area contributed by atoms with Gasteiger partial charge in [-0.3, -0.25) is 0 Å². The van der Waals surface area contributed by atoms with Crippen molar-refractivity contribution in [1.29, 1.82) is 0 Å². The molecule has 1 saturated heterocycles. The highest BCUT2D eigenvalue weighted by Gasteiger charge is 2.31. The van der Waals surface area contributed by atoms with Crippen LogP contribution in [-0.2, 0) is 21.9 Å². The Bertz CT molecular complexity index is 475. The Morgan fingerprint density at radius 3 is 2.45 bits per heavy atom. The van der Waals surface area contributed by atoms with Crippen molar-refractivity contribution in [1.82, 2.24) is 4.31 Å². The van der Waals surface area contributed by atoms with E-state index in [9.17, 15) is 17.4 Å². The molecule has 0 saturated carbocycles. The average molecular weight is 307 g/mol. The lowest BCUT2D eigenvalue weighted by molar-refractivity contribution is -0.137. The van der Waals surface area contributed by atoms with Gasteiger partial charge in [0, 0.05) is 13.7 Å². The first-order valence-electron chi connectivity index (χ1n) is 6.32. The van der Waals surface area contributed by atoms with Gasteiger partial charge in [0.1, 0.15) is 17.2 Å². The fraction of sp³-hybridized carbons (Fsp3) is 0.538. The van der Waals surface area contributed by atoms with Crippen LogP contribution >= 0.6 is 0 Å². The van der Waals surface area contributed by atoms with Crippen LogP contribution in [0.15, 0.2) is 29.2 Å². The van der Waals surface area contributed by atoms with Gasteiger partial charge in [0.05, 0.1) is 10.5 Å². The highest BCUT2D eigenvalue weighted by Crippen LogP contribution is 2.30. The van der Waals surface area contributed by atoms with E-state index in [1.54, 1.807) is 11.4 Å². The fourth-order valence-corrected chi connectivity index (χ4v) is 3.54. The van der Waals surface area contributed by atoms with Gasteiger partial charge >= 0.3 is 6.18 Å².